The highest BCUT2D eigenvalue weighted by Gasteiger charge is 2.29. The van der Waals surface area contributed by atoms with Crippen LogP contribution < -0.4 is 5.32 Å². The summed E-state index contributed by atoms with van der Waals surface area (Å²) in [5.41, 5.74) is 0. The summed E-state index contributed by atoms with van der Waals surface area (Å²) in [5, 5.41) is 12.3. The molecule has 0 aromatic carbocycles. The molecule has 1 saturated heterocycles. The average Bonchev–Trinajstić information content (AvgIpc) is 2.33. The molecule has 2 unspecified atom stereocenters. The standard InChI is InChI=1S/C7H11NO2/c9-5-1-2-7-6(3-5)8-4-10-7/h3,6-9H,1-2,4H2. The van der Waals surface area contributed by atoms with Crippen molar-refractivity contribution < 1.29 is 9.84 Å². The van der Waals surface area contributed by atoms with Crippen LogP contribution in [0.3, 0.4) is 0 Å². The van der Waals surface area contributed by atoms with Gasteiger partial charge in [0.25, 0.3) is 0 Å². The fourth-order valence-electron chi connectivity index (χ4n) is 1.50. The molecule has 1 heterocycles. The van der Waals surface area contributed by atoms with Gasteiger partial charge >= 0.3 is 0 Å². The zero-order chi connectivity index (χ0) is 6.97. The van der Waals surface area contributed by atoms with Crippen molar-refractivity contribution in [2.24, 2.45) is 0 Å². The number of fused-ring (bicyclic) bond motifs is 1. The fraction of sp³-hybridized carbons (Fsp3) is 0.714. The normalized spacial score (nSPS) is 39.0. The lowest BCUT2D eigenvalue weighted by Gasteiger charge is -2.19. The van der Waals surface area contributed by atoms with Crippen molar-refractivity contribution >= 4 is 0 Å². The monoisotopic (exact) mass is 141 g/mol. The van der Waals surface area contributed by atoms with Gasteiger partial charge < -0.3 is 9.84 Å². The SMILES string of the molecule is OC1=CC2NCOC2CC1. The van der Waals surface area contributed by atoms with Crippen LogP contribution in [-0.4, -0.2) is 24.0 Å². The van der Waals surface area contributed by atoms with Gasteiger partial charge in [0.2, 0.25) is 0 Å². The van der Waals surface area contributed by atoms with Crippen molar-refractivity contribution in [3.8, 4) is 0 Å². The van der Waals surface area contributed by atoms with E-state index in [2.05, 4.69) is 5.32 Å². The highest BCUT2D eigenvalue weighted by Crippen LogP contribution is 2.22. The first-order chi connectivity index (χ1) is 4.86. The van der Waals surface area contributed by atoms with Gasteiger partial charge in [-0.3, -0.25) is 5.32 Å². The molecule has 1 aliphatic carbocycles. The molecule has 0 aromatic heterocycles. The molecule has 3 nitrogen and oxygen atoms in total. The van der Waals surface area contributed by atoms with E-state index in [0.29, 0.717) is 18.6 Å². The van der Waals surface area contributed by atoms with Gasteiger partial charge in [0, 0.05) is 6.42 Å². The second kappa shape index (κ2) is 2.25. The Morgan fingerprint density at radius 3 is 3.50 bits per heavy atom. The van der Waals surface area contributed by atoms with Crippen LogP contribution in [0.4, 0.5) is 0 Å². The second-order valence-electron chi connectivity index (χ2n) is 2.78. The molecule has 2 aliphatic rings. The Labute approximate surface area is 59.7 Å². The molecule has 1 fully saturated rings. The van der Waals surface area contributed by atoms with E-state index in [4.69, 9.17) is 9.84 Å². The number of nitrogens with one attached hydrogen (secondary N) is 1. The van der Waals surface area contributed by atoms with Gasteiger partial charge in [0.1, 0.15) is 0 Å². The first-order valence-electron chi connectivity index (χ1n) is 3.61. The Bertz CT molecular complexity index is 167. The third kappa shape index (κ3) is 0.914. The molecule has 0 aromatic rings. The fourth-order valence-corrected chi connectivity index (χ4v) is 1.50. The molecular weight excluding hydrogens is 130 g/mol. The number of rotatable bonds is 0. The first-order valence-corrected chi connectivity index (χ1v) is 3.61. The van der Waals surface area contributed by atoms with E-state index >= 15 is 0 Å². The Hall–Kier alpha value is -0.540. The summed E-state index contributed by atoms with van der Waals surface area (Å²) in [6.45, 7) is 0.624. The molecule has 10 heavy (non-hydrogen) atoms. The Morgan fingerprint density at radius 1 is 1.70 bits per heavy atom. The van der Waals surface area contributed by atoms with Gasteiger partial charge in [-0.25, -0.2) is 0 Å². The zero-order valence-electron chi connectivity index (χ0n) is 5.71. The molecule has 56 valence electrons. The van der Waals surface area contributed by atoms with Crippen molar-refractivity contribution in [2.75, 3.05) is 6.73 Å². The second-order valence-corrected chi connectivity index (χ2v) is 2.78. The molecular formula is C7H11NO2. The highest BCUT2D eigenvalue weighted by atomic mass is 16.5. The van der Waals surface area contributed by atoms with Gasteiger partial charge in [0.05, 0.1) is 24.6 Å². The van der Waals surface area contributed by atoms with Crippen molar-refractivity contribution in [2.45, 2.75) is 25.0 Å². The third-order valence-electron chi connectivity index (χ3n) is 2.07. The van der Waals surface area contributed by atoms with E-state index in [1.54, 1.807) is 0 Å². The van der Waals surface area contributed by atoms with Crippen molar-refractivity contribution in [3.05, 3.63) is 11.8 Å². The van der Waals surface area contributed by atoms with Crippen LogP contribution in [0.5, 0.6) is 0 Å². The number of aliphatic hydroxyl groups is 1. The molecule has 3 heteroatoms. The molecule has 0 amide bonds. The van der Waals surface area contributed by atoms with E-state index in [1.807, 2.05) is 6.08 Å². The number of aliphatic hydroxyl groups excluding tert-OH is 1. The number of hydrogen-bond donors (Lipinski definition) is 2. The summed E-state index contributed by atoms with van der Waals surface area (Å²) in [4.78, 5) is 0. The quantitative estimate of drug-likeness (QED) is 0.517. The predicted molar refractivity (Wildman–Crippen MR) is 36.6 cm³/mol. The predicted octanol–water partition coefficient (Wildman–Crippen LogP) is 0.537. The van der Waals surface area contributed by atoms with Crippen molar-refractivity contribution in [1.29, 1.82) is 0 Å². The van der Waals surface area contributed by atoms with Crippen LogP contribution >= 0.6 is 0 Å². The molecule has 2 atom stereocenters. The van der Waals surface area contributed by atoms with Crippen LogP contribution in [0.1, 0.15) is 12.8 Å². The summed E-state index contributed by atoms with van der Waals surface area (Å²) in [5.74, 6) is 0.499. The van der Waals surface area contributed by atoms with Crippen LogP contribution in [-0.2, 0) is 4.74 Å². The Kier molecular flexibility index (Phi) is 1.39. The molecule has 1 aliphatic heterocycles. The summed E-state index contributed by atoms with van der Waals surface area (Å²) in [6.07, 6.45) is 3.86. The molecule has 2 N–H and O–H groups in total. The Morgan fingerprint density at radius 2 is 2.60 bits per heavy atom. The summed E-state index contributed by atoms with van der Waals surface area (Å²) in [7, 11) is 0. The van der Waals surface area contributed by atoms with Crippen molar-refractivity contribution in [3.63, 3.8) is 0 Å². The summed E-state index contributed by atoms with van der Waals surface area (Å²) < 4.78 is 5.34. The lowest BCUT2D eigenvalue weighted by molar-refractivity contribution is 0.0933. The van der Waals surface area contributed by atoms with Gasteiger partial charge in [-0.1, -0.05) is 0 Å². The van der Waals surface area contributed by atoms with E-state index < -0.39 is 0 Å². The lowest BCUT2D eigenvalue weighted by Crippen LogP contribution is -2.31. The van der Waals surface area contributed by atoms with E-state index in [0.717, 1.165) is 12.8 Å². The topological polar surface area (TPSA) is 41.5 Å². The van der Waals surface area contributed by atoms with E-state index in [9.17, 15) is 0 Å². The maximum absolute atomic E-state index is 9.12. The Balaban J connectivity index is 2.13. The van der Waals surface area contributed by atoms with Gasteiger partial charge in [-0.05, 0) is 12.5 Å². The molecule has 0 bridgehead atoms. The number of hydrogen-bond acceptors (Lipinski definition) is 3. The van der Waals surface area contributed by atoms with Gasteiger partial charge in [-0.15, -0.1) is 0 Å². The smallest absolute Gasteiger partial charge is 0.0975 e. The van der Waals surface area contributed by atoms with Crippen LogP contribution in [0.2, 0.25) is 0 Å². The maximum Gasteiger partial charge on any atom is 0.0975 e. The van der Waals surface area contributed by atoms with Crippen LogP contribution in [0, 0.1) is 0 Å². The summed E-state index contributed by atoms with van der Waals surface area (Å²) in [6, 6.07) is 0.258. The van der Waals surface area contributed by atoms with Gasteiger partial charge in [0.15, 0.2) is 0 Å². The average molecular weight is 141 g/mol. The van der Waals surface area contributed by atoms with Crippen LogP contribution in [0.15, 0.2) is 11.8 Å². The molecule has 0 saturated carbocycles. The lowest BCUT2D eigenvalue weighted by atomic mass is 9.99. The highest BCUT2D eigenvalue weighted by molar-refractivity contribution is 5.08. The summed E-state index contributed by atoms with van der Waals surface area (Å²) >= 11 is 0. The first kappa shape index (κ1) is 6.19. The number of allylic oxidation sites excluding steroid dienone is 1. The third-order valence-corrected chi connectivity index (χ3v) is 2.07. The zero-order valence-corrected chi connectivity index (χ0v) is 5.71. The minimum absolute atomic E-state index is 0.258. The largest absolute Gasteiger partial charge is 0.513 e. The van der Waals surface area contributed by atoms with E-state index in [1.165, 1.54) is 0 Å². The molecule has 0 radical (unpaired) electrons. The van der Waals surface area contributed by atoms with Crippen molar-refractivity contribution in [1.82, 2.24) is 5.32 Å². The van der Waals surface area contributed by atoms with Crippen LogP contribution in [0.25, 0.3) is 0 Å². The molecule has 2 rings (SSSR count). The van der Waals surface area contributed by atoms with Gasteiger partial charge in [-0.2, -0.15) is 0 Å². The number of ether oxygens (including phenoxy) is 1. The molecule has 0 spiro atoms. The maximum atomic E-state index is 9.12. The van der Waals surface area contributed by atoms with E-state index in [-0.39, 0.29) is 6.04 Å². The minimum atomic E-state index is 0.258. The minimum Gasteiger partial charge on any atom is -0.513 e.